The average molecular weight is 517 g/mol. The number of benzene rings is 3. The highest BCUT2D eigenvalue weighted by molar-refractivity contribution is 8.00. The number of methoxy groups -OCH3 is 1. The van der Waals surface area contributed by atoms with Crippen molar-refractivity contribution in [1.29, 1.82) is 0 Å². The molecular formula is C27H24N4O3S2. The summed E-state index contributed by atoms with van der Waals surface area (Å²) < 4.78 is 8.43. The number of carbonyl (C=O) groups is 2. The van der Waals surface area contributed by atoms with E-state index in [-0.39, 0.29) is 17.6 Å². The highest BCUT2D eigenvalue weighted by Crippen LogP contribution is 2.31. The average Bonchev–Trinajstić information content (AvgIpc) is 3.48. The number of ether oxygens (including phenoxy) is 1. The Bertz CT molecular complexity index is 1510. The molecule has 2 heterocycles. The van der Waals surface area contributed by atoms with Crippen LogP contribution in [-0.4, -0.2) is 40.8 Å². The number of aromatic nitrogens is 2. The van der Waals surface area contributed by atoms with Crippen LogP contribution < -0.4 is 15.4 Å². The van der Waals surface area contributed by atoms with Crippen molar-refractivity contribution in [3.05, 3.63) is 84.6 Å². The molecule has 5 aromatic rings. The number of para-hydroxylation sites is 3. The molecule has 5 rings (SSSR count). The molecule has 0 spiro atoms. The summed E-state index contributed by atoms with van der Waals surface area (Å²) in [5.74, 6) is 0.545. The molecule has 0 aliphatic rings. The van der Waals surface area contributed by atoms with Gasteiger partial charge in [0.2, 0.25) is 5.91 Å². The van der Waals surface area contributed by atoms with Gasteiger partial charge < -0.3 is 19.9 Å². The molecule has 0 radical (unpaired) electrons. The minimum Gasteiger partial charge on any atom is -0.496 e. The number of anilines is 1. The zero-order valence-electron chi connectivity index (χ0n) is 19.6. The van der Waals surface area contributed by atoms with E-state index in [2.05, 4.69) is 20.2 Å². The number of rotatable bonds is 9. The standard InChI is InChI=1S/C27H24N4O3S2/c1-34-22-12-6-3-9-19(22)26(33)28-14-15-31-16-24(18-8-2-5-11-21(18)31)35-17-25(32)30-27-29-20-10-4-7-13-23(20)36-27/h2-13,16H,14-15,17H2,1H3,(H,28,33)(H,29,30,32). The predicted octanol–water partition coefficient (Wildman–Crippen LogP) is 5.42. The fourth-order valence-electron chi connectivity index (χ4n) is 3.95. The number of nitrogens with one attached hydrogen (secondary N) is 2. The van der Waals surface area contributed by atoms with Crippen LogP contribution in [0, 0.1) is 0 Å². The second-order valence-electron chi connectivity index (χ2n) is 7.98. The summed E-state index contributed by atoms with van der Waals surface area (Å²) >= 11 is 2.95. The Balaban J connectivity index is 1.22. The molecule has 0 fully saturated rings. The van der Waals surface area contributed by atoms with Crippen molar-refractivity contribution in [3.63, 3.8) is 0 Å². The summed E-state index contributed by atoms with van der Waals surface area (Å²) in [6, 6.07) is 23.0. The van der Waals surface area contributed by atoms with E-state index in [0.717, 1.165) is 26.0 Å². The first kappa shape index (κ1) is 23.9. The first-order valence-corrected chi connectivity index (χ1v) is 13.2. The molecule has 36 heavy (non-hydrogen) atoms. The number of hydrogen-bond acceptors (Lipinski definition) is 6. The molecule has 0 saturated heterocycles. The topological polar surface area (TPSA) is 85.2 Å². The van der Waals surface area contributed by atoms with E-state index in [1.54, 1.807) is 19.2 Å². The SMILES string of the molecule is COc1ccccc1C(=O)NCCn1cc(SCC(=O)Nc2nc3ccccc3s2)c2ccccc21. The summed E-state index contributed by atoms with van der Waals surface area (Å²) in [7, 11) is 1.55. The number of fused-ring (bicyclic) bond motifs is 2. The Morgan fingerprint density at radius 3 is 2.67 bits per heavy atom. The van der Waals surface area contributed by atoms with Gasteiger partial charge in [-0.25, -0.2) is 4.98 Å². The number of thioether (sulfide) groups is 1. The maximum absolute atomic E-state index is 12.6. The molecule has 0 bridgehead atoms. The lowest BCUT2D eigenvalue weighted by Gasteiger charge is -2.10. The summed E-state index contributed by atoms with van der Waals surface area (Å²) in [5.41, 5.74) is 2.44. The monoisotopic (exact) mass is 516 g/mol. The van der Waals surface area contributed by atoms with Gasteiger partial charge in [-0.1, -0.05) is 53.8 Å². The lowest BCUT2D eigenvalue weighted by Crippen LogP contribution is -2.27. The highest BCUT2D eigenvalue weighted by Gasteiger charge is 2.14. The number of amides is 2. The maximum Gasteiger partial charge on any atom is 0.255 e. The van der Waals surface area contributed by atoms with Gasteiger partial charge in [0.05, 0.1) is 28.6 Å². The van der Waals surface area contributed by atoms with Crippen molar-refractivity contribution < 1.29 is 14.3 Å². The van der Waals surface area contributed by atoms with E-state index >= 15 is 0 Å². The molecule has 182 valence electrons. The lowest BCUT2D eigenvalue weighted by molar-refractivity contribution is -0.113. The Hall–Kier alpha value is -3.82. The van der Waals surface area contributed by atoms with Crippen molar-refractivity contribution in [3.8, 4) is 5.75 Å². The third-order valence-corrected chi connectivity index (χ3v) is 7.64. The number of carbonyl (C=O) groups excluding carboxylic acids is 2. The third-order valence-electron chi connectivity index (χ3n) is 5.64. The van der Waals surface area contributed by atoms with E-state index in [1.165, 1.54) is 23.1 Å². The second-order valence-corrected chi connectivity index (χ2v) is 10.0. The van der Waals surface area contributed by atoms with Crippen LogP contribution in [0.5, 0.6) is 5.75 Å². The quantitative estimate of drug-likeness (QED) is 0.256. The molecule has 0 aliphatic carbocycles. The van der Waals surface area contributed by atoms with Crippen molar-refractivity contribution in [1.82, 2.24) is 14.9 Å². The van der Waals surface area contributed by atoms with Crippen LogP contribution in [0.15, 0.2) is 83.9 Å². The van der Waals surface area contributed by atoms with Crippen LogP contribution in [0.25, 0.3) is 21.1 Å². The van der Waals surface area contributed by atoms with Gasteiger partial charge in [-0.3, -0.25) is 9.59 Å². The first-order valence-electron chi connectivity index (χ1n) is 11.4. The van der Waals surface area contributed by atoms with Crippen LogP contribution in [-0.2, 0) is 11.3 Å². The minimum absolute atomic E-state index is 0.0973. The molecule has 0 aliphatic heterocycles. The molecule has 0 saturated carbocycles. The van der Waals surface area contributed by atoms with Gasteiger partial charge >= 0.3 is 0 Å². The van der Waals surface area contributed by atoms with E-state index in [1.807, 2.05) is 66.9 Å². The zero-order valence-corrected chi connectivity index (χ0v) is 21.2. The number of nitrogens with zero attached hydrogens (tertiary/aromatic N) is 2. The highest BCUT2D eigenvalue weighted by atomic mass is 32.2. The van der Waals surface area contributed by atoms with Crippen LogP contribution in [0.2, 0.25) is 0 Å². The maximum atomic E-state index is 12.6. The molecule has 2 amide bonds. The summed E-state index contributed by atoms with van der Waals surface area (Å²) in [4.78, 5) is 30.7. The van der Waals surface area contributed by atoms with E-state index in [9.17, 15) is 9.59 Å². The summed E-state index contributed by atoms with van der Waals surface area (Å²) in [6.07, 6.45) is 2.04. The van der Waals surface area contributed by atoms with Gasteiger partial charge in [0.25, 0.3) is 5.91 Å². The number of hydrogen-bond donors (Lipinski definition) is 2. The molecule has 9 heteroatoms. The number of thiazole rings is 1. The largest absolute Gasteiger partial charge is 0.496 e. The fraction of sp³-hybridized carbons (Fsp3) is 0.148. The minimum atomic E-state index is -0.176. The van der Waals surface area contributed by atoms with Gasteiger partial charge in [0.15, 0.2) is 5.13 Å². The molecule has 0 unspecified atom stereocenters. The Labute approximate surface area is 216 Å². The fourth-order valence-corrected chi connectivity index (χ4v) is 5.73. The Morgan fingerprint density at radius 1 is 1.03 bits per heavy atom. The van der Waals surface area contributed by atoms with Crippen LogP contribution in [0.3, 0.4) is 0 Å². The van der Waals surface area contributed by atoms with Crippen molar-refractivity contribution in [2.45, 2.75) is 11.4 Å². The molecule has 7 nitrogen and oxygen atoms in total. The zero-order chi connectivity index (χ0) is 24.9. The molecule has 3 aromatic carbocycles. The van der Waals surface area contributed by atoms with Crippen molar-refractivity contribution in [2.75, 3.05) is 24.7 Å². The van der Waals surface area contributed by atoms with E-state index in [4.69, 9.17) is 4.74 Å². The first-order chi connectivity index (χ1) is 17.6. The Kier molecular flexibility index (Phi) is 7.20. The van der Waals surface area contributed by atoms with Crippen molar-refractivity contribution in [2.24, 2.45) is 0 Å². The molecular weight excluding hydrogens is 492 g/mol. The summed E-state index contributed by atoms with van der Waals surface area (Å²) in [6.45, 7) is 1.05. The van der Waals surface area contributed by atoms with E-state index in [0.29, 0.717) is 29.5 Å². The van der Waals surface area contributed by atoms with Crippen molar-refractivity contribution >= 4 is 61.2 Å². The van der Waals surface area contributed by atoms with Crippen LogP contribution >= 0.6 is 23.1 Å². The Morgan fingerprint density at radius 2 is 1.81 bits per heavy atom. The van der Waals surface area contributed by atoms with Crippen LogP contribution in [0.4, 0.5) is 5.13 Å². The smallest absolute Gasteiger partial charge is 0.255 e. The summed E-state index contributed by atoms with van der Waals surface area (Å²) in [5, 5.41) is 7.56. The van der Waals surface area contributed by atoms with Gasteiger partial charge in [0, 0.05) is 35.1 Å². The van der Waals surface area contributed by atoms with Gasteiger partial charge in [-0.15, -0.1) is 11.8 Å². The molecule has 2 N–H and O–H groups in total. The molecule has 0 atom stereocenters. The normalized spacial score (nSPS) is 11.0. The van der Waals surface area contributed by atoms with Gasteiger partial charge in [-0.2, -0.15) is 0 Å². The second kappa shape index (κ2) is 10.8. The molecule has 2 aromatic heterocycles. The van der Waals surface area contributed by atoms with E-state index < -0.39 is 0 Å². The van der Waals surface area contributed by atoms with Gasteiger partial charge in [0.1, 0.15) is 5.75 Å². The van der Waals surface area contributed by atoms with Crippen LogP contribution in [0.1, 0.15) is 10.4 Å². The van der Waals surface area contributed by atoms with Gasteiger partial charge in [-0.05, 0) is 30.3 Å². The third kappa shape index (κ3) is 5.22. The lowest BCUT2D eigenvalue weighted by atomic mass is 10.2. The predicted molar refractivity (Wildman–Crippen MR) is 146 cm³/mol.